The second kappa shape index (κ2) is 13.0. The van der Waals surface area contributed by atoms with Gasteiger partial charge in [0.25, 0.3) is 5.91 Å². The van der Waals surface area contributed by atoms with E-state index in [9.17, 15) is 19.5 Å². The van der Waals surface area contributed by atoms with Gasteiger partial charge in [0.2, 0.25) is 0 Å². The van der Waals surface area contributed by atoms with E-state index in [-0.39, 0.29) is 51.8 Å². The monoisotopic (exact) mass is 708 g/mol. The van der Waals surface area contributed by atoms with Gasteiger partial charge in [-0.25, -0.2) is 4.79 Å². The number of carboxylic acids is 1. The minimum atomic E-state index is -0.998. The van der Waals surface area contributed by atoms with Crippen LogP contribution in [0.25, 0.3) is 0 Å². The first-order chi connectivity index (χ1) is 19.2. The summed E-state index contributed by atoms with van der Waals surface area (Å²) in [6.07, 6.45) is 13.2. The van der Waals surface area contributed by atoms with Crippen molar-refractivity contribution in [2.45, 2.75) is 44.6 Å². The molecule has 3 aliphatic rings. The van der Waals surface area contributed by atoms with Crippen LogP contribution < -0.4 is 10.6 Å². The highest BCUT2D eigenvalue weighted by molar-refractivity contribution is 14.0. The number of amides is 1. The van der Waals surface area contributed by atoms with Gasteiger partial charge in [-0.1, -0.05) is 66.7 Å². The van der Waals surface area contributed by atoms with E-state index in [1.54, 1.807) is 24.3 Å². The fourth-order valence-corrected chi connectivity index (χ4v) is 6.28. The number of halogens is 3. The Morgan fingerprint density at radius 3 is 2.37 bits per heavy atom. The third-order valence-corrected chi connectivity index (χ3v) is 8.36. The zero-order chi connectivity index (χ0) is 28.4. The summed E-state index contributed by atoms with van der Waals surface area (Å²) < 4.78 is 0. The van der Waals surface area contributed by atoms with Gasteiger partial charge in [0.15, 0.2) is 5.78 Å². The van der Waals surface area contributed by atoms with E-state index < -0.39 is 23.3 Å². The molecule has 216 valence electrons. The smallest absolute Gasteiger partial charge is 0.326 e. The van der Waals surface area contributed by atoms with Crippen molar-refractivity contribution in [1.82, 2.24) is 15.2 Å². The Labute approximate surface area is 265 Å². The summed E-state index contributed by atoms with van der Waals surface area (Å²) >= 11 is 12.2. The average molecular weight is 709 g/mol. The van der Waals surface area contributed by atoms with Crippen LogP contribution in [-0.4, -0.2) is 52.3 Å². The van der Waals surface area contributed by atoms with Crippen LogP contribution >= 0.6 is 47.2 Å². The molecule has 1 amide bonds. The molecule has 3 N–H and O–H groups in total. The number of pyridine rings is 1. The van der Waals surface area contributed by atoms with Crippen LogP contribution in [0.4, 0.5) is 5.69 Å². The van der Waals surface area contributed by atoms with E-state index in [2.05, 4.69) is 15.6 Å². The summed E-state index contributed by atoms with van der Waals surface area (Å²) in [5.41, 5.74) is 2.94. The number of carbonyl (C=O) groups excluding carboxylic acids is 2. The van der Waals surface area contributed by atoms with Gasteiger partial charge in [-0.3, -0.25) is 14.6 Å². The number of anilines is 1. The number of carboxylic acid groups (broad SMARTS) is 1. The molecule has 1 fully saturated rings. The zero-order valence-corrected chi connectivity index (χ0v) is 26.3. The Bertz CT molecular complexity index is 1430. The Balaban J connectivity index is 0.00000387. The molecule has 5 rings (SSSR count). The third kappa shape index (κ3) is 6.32. The lowest BCUT2D eigenvalue weighted by Crippen LogP contribution is -2.54. The molecular formula is C30H31Cl2IN4O4. The number of hydrogen-bond donors (Lipinski definition) is 3. The van der Waals surface area contributed by atoms with Gasteiger partial charge < -0.3 is 20.6 Å². The second-order valence-corrected chi connectivity index (χ2v) is 11.3. The molecule has 11 heteroatoms. The van der Waals surface area contributed by atoms with Crippen LogP contribution in [0.3, 0.4) is 0 Å². The Kier molecular flexibility index (Phi) is 9.81. The summed E-state index contributed by atoms with van der Waals surface area (Å²) in [6, 6.07) is 5.99. The normalized spacial score (nSPS) is 18.3. The molecule has 1 aromatic carbocycles. The van der Waals surface area contributed by atoms with Crippen LogP contribution in [0.5, 0.6) is 0 Å². The van der Waals surface area contributed by atoms with Crippen LogP contribution in [0, 0.1) is 5.41 Å². The first kappa shape index (κ1) is 31.1. The van der Waals surface area contributed by atoms with Crippen molar-refractivity contribution in [1.29, 1.82) is 0 Å². The van der Waals surface area contributed by atoms with Crippen molar-refractivity contribution >= 4 is 70.5 Å². The first-order valence-electron chi connectivity index (χ1n) is 13.3. The van der Waals surface area contributed by atoms with Crippen LogP contribution in [0.2, 0.25) is 10.0 Å². The SMILES string of the molecule is CN1C=C(C2=C(N[C@@H](Cc3ccc(NC(=O)c4c(Cl)cncc4Cl)cc3)C(=O)O)C3(CCCCC3)C2=O)C=CC1.I. The average Bonchev–Trinajstić information content (AvgIpc) is 2.93. The molecule has 0 radical (unpaired) electrons. The number of benzene rings is 1. The lowest BCUT2D eigenvalue weighted by molar-refractivity contribution is -0.140. The van der Waals surface area contributed by atoms with Gasteiger partial charge >= 0.3 is 5.97 Å². The van der Waals surface area contributed by atoms with E-state index in [1.165, 1.54) is 12.4 Å². The van der Waals surface area contributed by atoms with Crippen molar-refractivity contribution in [2.75, 3.05) is 18.9 Å². The summed E-state index contributed by atoms with van der Waals surface area (Å²) in [6.45, 7) is 0.760. The number of hydrogen-bond acceptors (Lipinski definition) is 6. The Morgan fingerprint density at radius 1 is 1.10 bits per heavy atom. The largest absolute Gasteiger partial charge is 0.480 e. The topological polar surface area (TPSA) is 112 Å². The number of aliphatic carboxylic acids is 1. The molecule has 2 aliphatic carbocycles. The second-order valence-electron chi connectivity index (χ2n) is 10.5. The van der Waals surface area contributed by atoms with Crippen molar-refractivity contribution in [2.24, 2.45) is 5.41 Å². The number of nitrogens with zero attached hydrogens (tertiary/aromatic N) is 2. The van der Waals surface area contributed by atoms with E-state index in [0.29, 0.717) is 11.3 Å². The lowest BCUT2D eigenvalue weighted by atomic mass is 9.57. The Hall–Kier alpha value is -2.89. The summed E-state index contributed by atoms with van der Waals surface area (Å²) in [7, 11) is 1.95. The maximum absolute atomic E-state index is 13.5. The van der Waals surface area contributed by atoms with Crippen molar-refractivity contribution in [3.63, 3.8) is 0 Å². The van der Waals surface area contributed by atoms with Crippen LogP contribution in [0.15, 0.2) is 71.9 Å². The number of likely N-dealkylation sites (N-methyl/N-ethyl adjacent to an activating group) is 1. The zero-order valence-electron chi connectivity index (χ0n) is 22.5. The number of Topliss-reactive ketones (excluding diaryl/α,β-unsaturated/α-hetero) is 1. The van der Waals surface area contributed by atoms with Crippen LogP contribution in [-0.2, 0) is 16.0 Å². The van der Waals surface area contributed by atoms with Gasteiger partial charge in [-0.2, -0.15) is 0 Å². The van der Waals surface area contributed by atoms with Gasteiger partial charge in [0.1, 0.15) is 6.04 Å². The molecule has 2 heterocycles. The molecule has 1 aliphatic heterocycles. The quantitative estimate of drug-likeness (QED) is 0.288. The van der Waals surface area contributed by atoms with Gasteiger partial charge in [0, 0.05) is 61.1 Å². The number of aromatic nitrogens is 1. The molecular weight excluding hydrogens is 678 g/mol. The summed E-state index contributed by atoms with van der Waals surface area (Å²) in [5, 5.41) is 16.5. The van der Waals surface area contributed by atoms with E-state index in [1.807, 2.05) is 30.3 Å². The molecule has 1 saturated carbocycles. The standard InChI is InChI=1S/C30H30Cl2N4O4.HI/c1-36-13-5-6-19(17-36)24-26(30(27(24)37)11-3-2-4-12-30)35-23(29(39)40)14-18-7-9-20(10-8-18)34-28(38)25-21(31)15-33-16-22(25)32;/h5-10,15-17,23,35H,2-4,11-14H2,1H3,(H,34,38)(H,39,40);1H/t23-;/m0./s1. The number of rotatable bonds is 8. The fraction of sp³-hybridized carbons (Fsp3) is 0.333. The molecule has 1 atom stereocenters. The minimum absolute atomic E-state index is 0. The van der Waals surface area contributed by atoms with E-state index in [4.69, 9.17) is 23.2 Å². The molecule has 0 bridgehead atoms. The number of allylic oxidation sites excluding steroid dienone is 4. The molecule has 1 aromatic heterocycles. The van der Waals surface area contributed by atoms with Crippen molar-refractivity contribution in [3.05, 3.63) is 93.0 Å². The van der Waals surface area contributed by atoms with Crippen LogP contribution in [0.1, 0.15) is 48.0 Å². The maximum atomic E-state index is 13.5. The highest BCUT2D eigenvalue weighted by Crippen LogP contribution is 2.54. The molecule has 41 heavy (non-hydrogen) atoms. The summed E-state index contributed by atoms with van der Waals surface area (Å²) in [4.78, 5) is 44.5. The van der Waals surface area contributed by atoms with Gasteiger partial charge in [-0.05, 0) is 30.5 Å². The summed E-state index contributed by atoms with van der Waals surface area (Å²) in [5.74, 6) is -1.36. The first-order valence-corrected chi connectivity index (χ1v) is 14.0. The fourth-order valence-electron chi connectivity index (χ4n) is 5.74. The number of nitrogens with one attached hydrogen (secondary N) is 2. The predicted molar refractivity (Wildman–Crippen MR) is 170 cm³/mol. The lowest BCUT2D eigenvalue weighted by Gasteiger charge is -2.48. The maximum Gasteiger partial charge on any atom is 0.326 e. The molecule has 1 spiro atoms. The highest BCUT2D eigenvalue weighted by Gasteiger charge is 2.55. The number of ketones is 1. The minimum Gasteiger partial charge on any atom is -0.480 e. The van der Waals surface area contributed by atoms with Gasteiger partial charge in [0.05, 0.1) is 21.0 Å². The molecule has 2 aromatic rings. The van der Waals surface area contributed by atoms with E-state index >= 15 is 0 Å². The highest BCUT2D eigenvalue weighted by atomic mass is 127. The molecule has 0 unspecified atom stereocenters. The van der Waals surface area contributed by atoms with Crippen molar-refractivity contribution in [3.8, 4) is 0 Å². The van der Waals surface area contributed by atoms with Crippen molar-refractivity contribution < 1.29 is 19.5 Å². The predicted octanol–water partition coefficient (Wildman–Crippen LogP) is 6.02. The Morgan fingerprint density at radius 2 is 1.76 bits per heavy atom. The number of carbonyl (C=O) groups is 3. The van der Waals surface area contributed by atoms with E-state index in [0.717, 1.165) is 55.5 Å². The molecule has 8 nitrogen and oxygen atoms in total. The van der Waals surface area contributed by atoms with Gasteiger partial charge in [-0.15, -0.1) is 24.0 Å². The molecule has 0 saturated heterocycles. The third-order valence-electron chi connectivity index (χ3n) is 7.79.